The van der Waals surface area contributed by atoms with E-state index >= 15 is 0 Å². The Labute approximate surface area is 120 Å². The maximum atomic E-state index is 5.97. The van der Waals surface area contributed by atoms with E-state index in [4.69, 9.17) is 11.6 Å². The lowest BCUT2D eigenvalue weighted by atomic mass is 10.2. The Kier molecular flexibility index (Phi) is 4.19. The number of anilines is 2. The first-order valence-corrected chi connectivity index (χ1v) is 6.83. The van der Waals surface area contributed by atoms with E-state index in [1.807, 2.05) is 32.0 Å². The molecule has 0 spiro atoms. The van der Waals surface area contributed by atoms with Gasteiger partial charge in [0.25, 0.3) is 0 Å². The Hall–Kier alpha value is -1.13. The molecule has 2 rings (SSSR count). The van der Waals surface area contributed by atoms with Crippen molar-refractivity contribution in [2.45, 2.75) is 20.3 Å². The van der Waals surface area contributed by atoms with Gasteiger partial charge in [-0.15, -0.1) is 0 Å². The molecule has 94 valence electrons. The molecule has 0 radical (unpaired) electrons. The molecule has 0 amide bonds. The van der Waals surface area contributed by atoms with Gasteiger partial charge in [-0.1, -0.05) is 40.5 Å². The SMILES string of the molecule is CCc1nc(Cl)cc(Nc2cccc(Br)c2C)n1. The molecule has 0 fully saturated rings. The van der Waals surface area contributed by atoms with Crippen molar-refractivity contribution in [3.8, 4) is 0 Å². The number of aryl methyl sites for hydroxylation is 1. The number of benzene rings is 1. The van der Waals surface area contributed by atoms with Crippen LogP contribution in [0.1, 0.15) is 18.3 Å². The monoisotopic (exact) mass is 325 g/mol. The van der Waals surface area contributed by atoms with E-state index in [0.717, 1.165) is 28.0 Å². The van der Waals surface area contributed by atoms with Gasteiger partial charge < -0.3 is 5.32 Å². The first-order chi connectivity index (χ1) is 8.60. The third-order valence-corrected chi connectivity index (χ3v) is 3.64. The van der Waals surface area contributed by atoms with Crippen LogP contribution in [-0.2, 0) is 6.42 Å². The van der Waals surface area contributed by atoms with E-state index in [2.05, 4.69) is 31.2 Å². The van der Waals surface area contributed by atoms with Crippen molar-refractivity contribution < 1.29 is 0 Å². The normalized spacial score (nSPS) is 10.4. The summed E-state index contributed by atoms with van der Waals surface area (Å²) in [6, 6.07) is 7.71. The predicted molar refractivity (Wildman–Crippen MR) is 78.6 cm³/mol. The first kappa shape index (κ1) is 13.3. The van der Waals surface area contributed by atoms with Crippen LogP contribution in [-0.4, -0.2) is 9.97 Å². The van der Waals surface area contributed by atoms with E-state index in [-0.39, 0.29) is 0 Å². The lowest BCUT2D eigenvalue weighted by Gasteiger charge is -2.11. The third-order valence-electron chi connectivity index (χ3n) is 2.59. The molecule has 2 aromatic rings. The molecule has 0 aliphatic rings. The van der Waals surface area contributed by atoms with Crippen LogP contribution in [0.2, 0.25) is 5.15 Å². The number of rotatable bonds is 3. The number of halogens is 2. The Bertz CT molecular complexity index is 572. The molecule has 18 heavy (non-hydrogen) atoms. The molecule has 0 aliphatic carbocycles. The Balaban J connectivity index is 2.34. The van der Waals surface area contributed by atoms with Crippen molar-refractivity contribution in [1.82, 2.24) is 9.97 Å². The standard InChI is InChI=1S/C13H13BrClN3/c1-3-12-17-11(15)7-13(18-12)16-10-6-4-5-9(14)8(10)2/h4-7H,3H2,1-2H3,(H,16,17,18). The highest BCUT2D eigenvalue weighted by Gasteiger charge is 2.05. The van der Waals surface area contributed by atoms with E-state index in [1.54, 1.807) is 6.07 Å². The van der Waals surface area contributed by atoms with Crippen LogP contribution in [0.15, 0.2) is 28.7 Å². The second-order valence-corrected chi connectivity index (χ2v) is 5.12. The fourth-order valence-electron chi connectivity index (χ4n) is 1.57. The minimum atomic E-state index is 0.456. The molecule has 0 bridgehead atoms. The zero-order valence-electron chi connectivity index (χ0n) is 10.2. The minimum absolute atomic E-state index is 0.456. The number of nitrogens with zero attached hydrogens (tertiary/aromatic N) is 2. The van der Waals surface area contributed by atoms with Crippen molar-refractivity contribution in [3.63, 3.8) is 0 Å². The molecular formula is C13H13BrClN3. The number of aromatic nitrogens is 2. The summed E-state index contributed by atoms with van der Waals surface area (Å²) in [4.78, 5) is 8.54. The topological polar surface area (TPSA) is 37.8 Å². The summed E-state index contributed by atoms with van der Waals surface area (Å²) in [5.74, 6) is 1.45. The van der Waals surface area contributed by atoms with Gasteiger partial charge in [0, 0.05) is 22.6 Å². The van der Waals surface area contributed by atoms with E-state index in [1.165, 1.54) is 0 Å². The molecule has 0 unspecified atom stereocenters. The van der Waals surface area contributed by atoms with Crippen LogP contribution in [0.5, 0.6) is 0 Å². The largest absolute Gasteiger partial charge is 0.340 e. The van der Waals surface area contributed by atoms with Crippen molar-refractivity contribution in [2.75, 3.05) is 5.32 Å². The molecule has 1 N–H and O–H groups in total. The fraction of sp³-hybridized carbons (Fsp3) is 0.231. The Morgan fingerprint density at radius 3 is 2.83 bits per heavy atom. The zero-order valence-corrected chi connectivity index (χ0v) is 12.5. The molecule has 1 aromatic carbocycles. The van der Waals surface area contributed by atoms with Gasteiger partial charge in [-0.05, 0) is 24.6 Å². The van der Waals surface area contributed by atoms with Gasteiger partial charge in [-0.2, -0.15) is 0 Å². The predicted octanol–water partition coefficient (Wildman–Crippen LogP) is 4.51. The van der Waals surface area contributed by atoms with E-state index in [9.17, 15) is 0 Å². The lowest BCUT2D eigenvalue weighted by Crippen LogP contribution is -2.00. The highest BCUT2D eigenvalue weighted by Crippen LogP contribution is 2.26. The van der Waals surface area contributed by atoms with Gasteiger partial charge in [-0.3, -0.25) is 0 Å². The summed E-state index contributed by atoms with van der Waals surface area (Å²) in [5.41, 5.74) is 2.13. The molecule has 0 saturated heterocycles. The van der Waals surface area contributed by atoms with Gasteiger partial charge in [0.1, 0.15) is 16.8 Å². The summed E-state index contributed by atoms with van der Waals surface area (Å²) in [7, 11) is 0. The first-order valence-electron chi connectivity index (χ1n) is 5.65. The molecule has 0 atom stereocenters. The lowest BCUT2D eigenvalue weighted by molar-refractivity contribution is 0.943. The summed E-state index contributed by atoms with van der Waals surface area (Å²) in [6.07, 6.45) is 0.757. The molecule has 5 heteroatoms. The number of hydrogen-bond acceptors (Lipinski definition) is 3. The van der Waals surface area contributed by atoms with Crippen molar-refractivity contribution >= 4 is 39.0 Å². The highest BCUT2D eigenvalue weighted by atomic mass is 79.9. The van der Waals surface area contributed by atoms with Crippen LogP contribution in [0.25, 0.3) is 0 Å². The molecule has 3 nitrogen and oxygen atoms in total. The van der Waals surface area contributed by atoms with Crippen LogP contribution < -0.4 is 5.32 Å². The Morgan fingerprint density at radius 1 is 1.33 bits per heavy atom. The van der Waals surface area contributed by atoms with Crippen LogP contribution in [0.3, 0.4) is 0 Å². The number of hydrogen-bond donors (Lipinski definition) is 1. The average molecular weight is 327 g/mol. The zero-order chi connectivity index (χ0) is 13.1. The third kappa shape index (κ3) is 3.00. The van der Waals surface area contributed by atoms with Crippen molar-refractivity contribution in [2.24, 2.45) is 0 Å². The molecule has 1 aromatic heterocycles. The molecule has 0 saturated carbocycles. The fourth-order valence-corrected chi connectivity index (χ4v) is 2.13. The second kappa shape index (κ2) is 5.67. The summed E-state index contributed by atoms with van der Waals surface area (Å²) < 4.78 is 1.06. The molecule has 0 aliphatic heterocycles. The minimum Gasteiger partial charge on any atom is -0.340 e. The summed E-state index contributed by atoms with van der Waals surface area (Å²) in [5, 5.41) is 3.72. The van der Waals surface area contributed by atoms with Crippen molar-refractivity contribution in [1.29, 1.82) is 0 Å². The van der Waals surface area contributed by atoms with Gasteiger partial charge in [0.2, 0.25) is 0 Å². The van der Waals surface area contributed by atoms with Gasteiger partial charge in [-0.25, -0.2) is 9.97 Å². The van der Waals surface area contributed by atoms with Crippen LogP contribution in [0, 0.1) is 6.92 Å². The summed E-state index contributed by atoms with van der Waals surface area (Å²) in [6.45, 7) is 4.04. The molecule has 1 heterocycles. The summed E-state index contributed by atoms with van der Waals surface area (Å²) >= 11 is 9.47. The van der Waals surface area contributed by atoms with Gasteiger partial charge >= 0.3 is 0 Å². The van der Waals surface area contributed by atoms with Crippen LogP contribution >= 0.6 is 27.5 Å². The van der Waals surface area contributed by atoms with Gasteiger partial charge in [0.15, 0.2) is 0 Å². The number of nitrogens with one attached hydrogen (secondary N) is 1. The van der Waals surface area contributed by atoms with Crippen molar-refractivity contribution in [3.05, 3.63) is 45.3 Å². The van der Waals surface area contributed by atoms with E-state index < -0.39 is 0 Å². The smallest absolute Gasteiger partial charge is 0.135 e. The second-order valence-electron chi connectivity index (χ2n) is 3.88. The maximum Gasteiger partial charge on any atom is 0.135 e. The average Bonchev–Trinajstić information content (AvgIpc) is 2.34. The quantitative estimate of drug-likeness (QED) is 0.843. The van der Waals surface area contributed by atoms with E-state index in [0.29, 0.717) is 11.0 Å². The molecular weight excluding hydrogens is 314 g/mol. The van der Waals surface area contributed by atoms with Gasteiger partial charge in [0.05, 0.1) is 0 Å². The highest BCUT2D eigenvalue weighted by molar-refractivity contribution is 9.10. The van der Waals surface area contributed by atoms with Crippen LogP contribution in [0.4, 0.5) is 11.5 Å². The Morgan fingerprint density at radius 2 is 2.11 bits per heavy atom. The maximum absolute atomic E-state index is 5.97.